The van der Waals surface area contributed by atoms with Crippen molar-refractivity contribution in [2.24, 2.45) is 11.5 Å². The van der Waals surface area contributed by atoms with Crippen LogP contribution in [-0.2, 0) is 34.7 Å². The fourth-order valence-corrected chi connectivity index (χ4v) is 4.11. The molecule has 0 aliphatic carbocycles. The summed E-state index contributed by atoms with van der Waals surface area (Å²) in [5, 5.41) is 15.0. The van der Waals surface area contributed by atoms with Crippen molar-refractivity contribution in [1.82, 2.24) is 15.5 Å². The first kappa shape index (κ1) is 29.4. The second-order valence-corrected chi connectivity index (χ2v) is 9.70. The summed E-state index contributed by atoms with van der Waals surface area (Å²) in [6.07, 6.45) is -0.594. The summed E-state index contributed by atoms with van der Waals surface area (Å²) in [5.41, 5.74) is 11.8. The van der Waals surface area contributed by atoms with Crippen molar-refractivity contribution in [2.75, 3.05) is 13.2 Å². The van der Waals surface area contributed by atoms with E-state index in [0.29, 0.717) is 6.42 Å². The molecule has 1 aromatic rings. The van der Waals surface area contributed by atoms with Crippen molar-refractivity contribution in [2.45, 2.75) is 56.5 Å². The van der Waals surface area contributed by atoms with Gasteiger partial charge in [-0.25, -0.2) is 4.57 Å². The van der Waals surface area contributed by atoms with E-state index in [1.807, 2.05) is 0 Å². The van der Waals surface area contributed by atoms with Gasteiger partial charge in [0.1, 0.15) is 24.2 Å². The Hall–Kier alpha value is -2.87. The summed E-state index contributed by atoms with van der Waals surface area (Å²) < 4.78 is 15.1. The second kappa shape index (κ2) is 12.9. The monoisotopic (exact) mass is 529 g/mol. The quantitative estimate of drug-likeness (QED) is 0.140. The van der Waals surface area contributed by atoms with Crippen LogP contribution in [0.4, 0.5) is 0 Å². The number of nitrogens with two attached hydrogens (primary N) is 2. The lowest BCUT2D eigenvalue weighted by molar-refractivity contribution is -0.141. The molecule has 2 rings (SSSR count). The number of aliphatic hydroxyl groups is 1. The van der Waals surface area contributed by atoms with Gasteiger partial charge in [0.05, 0.1) is 12.7 Å². The molecular formula is C21H32N5O9P. The number of nitrogens with zero attached hydrogens (tertiary/aromatic N) is 1. The number of benzene rings is 1. The Morgan fingerprint density at radius 3 is 2.39 bits per heavy atom. The molecular weight excluding hydrogens is 497 g/mol. The van der Waals surface area contributed by atoms with Gasteiger partial charge in [-0.15, -0.1) is 0 Å². The van der Waals surface area contributed by atoms with Gasteiger partial charge in [0.15, 0.2) is 0 Å². The molecule has 36 heavy (non-hydrogen) atoms. The van der Waals surface area contributed by atoms with Crippen molar-refractivity contribution in [3.8, 4) is 0 Å². The van der Waals surface area contributed by atoms with Crippen molar-refractivity contribution < 1.29 is 43.2 Å². The van der Waals surface area contributed by atoms with E-state index >= 15 is 0 Å². The maximum atomic E-state index is 12.9. The predicted octanol–water partition coefficient (Wildman–Crippen LogP) is -2.51. The van der Waals surface area contributed by atoms with Gasteiger partial charge in [0.25, 0.3) is 0 Å². The van der Waals surface area contributed by atoms with Crippen LogP contribution in [0.2, 0.25) is 0 Å². The van der Waals surface area contributed by atoms with E-state index in [0.717, 1.165) is 10.5 Å². The molecule has 5 atom stereocenters. The topological polar surface area (TPSA) is 235 Å². The molecule has 0 radical (unpaired) electrons. The molecule has 4 amide bonds. The first-order chi connectivity index (χ1) is 16.8. The second-order valence-electron chi connectivity index (χ2n) is 8.46. The minimum Gasteiger partial charge on any atom is -0.391 e. The van der Waals surface area contributed by atoms with Crippen LogP contribution in [0, 0.1) is 0 Å². The van der Waals surface area contributed by atoms with Gasteiger partial charge < -0.3 is 41.9 Å². The van der Waals surface area contributed by atoms with Crippen LogP contribution in [0.3, 0.4) is 0 Å². The van der Waals surface area contributed by atoms with E-state index in [1.54, 1.807) is 30.3 Å². The molecule has 9 N–H and O–H groups in total. The molecule has 1 fully saturated rings. The van der Waals surface area contributed by atoms with E-state index in [2.05, 4.69) is 15.2 Å². The molecule has 1 saturated heterocycles. The van der Waals surface area contributed by atoms with Crippen LogP contribution in [0.25, 0.3) is 0 Å². The zero-order valence-corrected chi connectivity index (χ0v) is 20.5. The minimum atomic E-state index is -4.84. The summed E-state index contributed by atoms with van der Waals surface area (Å²) in [5.74, 6) is -3.16. The minimum absolute atomic E-state index is 0.0991. The van der Waals surface area contributed by atoms with Gasteiger partial charge >= 0.3 is 7.82 Å². The number of rotatable bonds is 12. The van der Waals surface area contributed by atoms with E-state index in [-0.39, 0.29) is 19.4 Å². The Balaban J connectivity index is 2.06. The number of amides is 4. The highest BCUT2D eigenvalue weighted by atomic mass is 31.2. The average Bonchev–Trinajstić information content (AvgIpc) is 3.29. The Kier molecular flexibility index (Phi) is 10.5. The average molecular weight is 529 g/mol. The van der Waals surface area contributed by atoms with Gasteiger partial charge in [-0.3, -0.25) is 23.7 Å². The third-order valence-electron chi connectivity index (χ3n) is 5.58. The lowest BCUT2D eigenvalue weighted by Gasteiger charge is -2.29. The van der Waals surface area contributed by atoms with Crippen molar-refractivity contribution in [3.63, 3.8) is 0 Å². The first-order valence-electron chi connectivity index (χ1n) is 11.2. The molecule has 0 saturated carbocycles. The third kappa shape index (κ3) is 8.66. The maximum absolute atomic E-state index is 12.9. The molecule has 0 spiro atoms. The molecule has 200 valence electrons. The fraction of sp³-hybridized carbons (Fsp3) is 0.524. The van der Waals surface area contributed by atoms with Crippen LogP contribution in [-0.4, -0.2) is 86.8 Å². The summed E-state index contributed by atoms with van der Waals surface area (Å²) in [7, 11) is -4.84. The smallest absolute Gasteiger partial charge is 0.391 e. The van der Waals surface area contributed by atoms with Crippen LogP contribution in [0.1, 0.15) is 25.3 Å². The first-order valence-corrected chi connectivity index (χ1v) is 12.7. The zero-order chi connectivity index (χ0) is 27.0. The van der Waals surface area contributed by atoms with Gasteiger partial charge in [-0.1, -0.05) is 30.3 Å². The molecule has 1 heterocycles. The molecule has 0 bridgehead atoms. The number of primary amides is 1. The number of carbonyl (C=O) groups excluding carboxylic acids is 4. The van der Waals surface area contributed by atoms with Gasteiger partial charge in [0.2, 0.25) is 23.6 Å². The van der Waals surface area contributed by atoms with Crippen LogP contribution in [0.5, 0.6) is 0 Å². The number of phosphoric ester groups is 1. The maximum Gasteiger partial charge on any atom is 0.469 e. The van der Waals surface area contributed by atoms with E-state index in [9.17, 15) is 28.8 Å². The summed E-state index contributed by atoms with van der Waals surface area (Å²) in [6, 6.07) is 3.76. The third-order valence-corrected chi connectivity index (χ3v) is 6.07. The van der Waals surface area contributed by atoms with Crippen LogP contribution in [0.15, 0.2) is 30.3 Å². The van der Waals surface area contributed by atoms with Crippen molar-refractivity contribution in [1.29, 1.82) is 0 Å². The molecule has 14 nitrogen and oxygen atoms in total. The van der Waals surface area contributed by atoms with E-state index in [1.165, 1.54) is 6.92 Å². The van der Waals surface area contributed by atoms with Crippen molar-refractivity contribution in [3.05, 3.63) is 35.9 Å². The summed E-state index contributed by atoms with van der Waals surface area (Å²) in [4.78, 5) is 69.0. The molecule has 0 unspecified atom stereocenters. The van der Waals surface area contributed by atoms with E-state index in [4.69, 9.17) is 21.3 Å². The SMILES string of the molecule is C[C@@H](O)[C@H](NC(=O)[C@@H]1CCCN1C(=O)[C@@H](N)COP(=O)(O)O)C(=O)N[C@@H](Cc1ccccc1)C(N)=O. The highest BCUT2D eigenvalue weighted by molar-refractivity contribution is 7.46. The zero-order valence-electron chi connectivity index (χ0n) is 19.6. The summed E-state index contributed by atoms with van der Waals surface area (Å²) >= 11 is 0. The standard InChI is InChI=1S/C21H32N5O9P/c1-12(27)17(20(30)24-15(18(23)28)10-13-6-3-2-4-7-13)25-19(29)16-8-5-9-26(16)21(31)14(22)11-35-36(32,33)34/h2-4,6-7,12,14-17,27H,5,8-11,22H2,1H3,(H2,23,28)(H,24,30)(H,25,29)(H2,32,33,34)/t12-,14+,15+,16+,17+/m1/s1. The van der Waals surface area contributed by atoms with Gasteiger partial charge in [0, 0.05) is 13.0 Å². The predicted molar refractivity (Wildman–Crippen MR) is 126 cm³/mol. The van der Waals surface area contributed by atoms with Gasteiger partial charge in [-0.05, 0) is 25.3 Å². The highest BCUT2D eigenvalue weighted by Gasteiger charge is 2.39. The fourth-order valence-electron chi connectivity index (χ4n) is 3.75. The summed E-state index contributed by atoms with van der Waals surface area (Å²) in [6.45, 7) is 0.656. The molecule has 1 aliphatic rings. The Morgan fingerprint density at radius 1 is 1.19 bits per heavy atom. The number of hydrogen-bond donors (Lipinski definition) is 7. The molecule has 1 aliphatic heterocycles. The number of aliphatic hydroxyl groups excluding tert-OH is 1. The highest BCUT2D eigenvalue weighted by Crippen LogP contribution is 2.35. The van der Waals surface area contributed by atoms with Crippen LogP contribution >= 0.6 is 7.82 Å². The number of hydrogen-bond acceptors (Lipinski definition) is 8. The lowest BCUT2D eigenvalue weighted by atomic mass is 10.0. The number of phosphoric acid groups is 1. The Bertz CT molecular complexity index is 987. The van der Waals surface area contributed by atoms with E-state index < -0.39 is 68.3 Å². The largest absolute Gasteiger partial charge is 0.469 e. The Labute approximate surface area is 207 Å². The molecule has 0 aromatic heterocycles. The molecule has 15 heteroatoms. The lowest BCUT2D eigenvalue weighted by Crippen LogP contribution is -2.60. The van der Waals surface area contributed by atoms with Gasteiger partial charge in [-0.2, -0.15) is 0 Å². The molecule has 1 aromatic carbocycles. The number of likely N-dealkylation sites (tertiary alicyclic amines) is 1. The van der Waals surface area contributed by atoms with Crippen LogP contribution < -0.4 is 22.1 Å². The normalized spacial score (nSPS) is 19.1. The Morgan fingerprint density at radius 2 is 1.83 bits per heavy atom. The van der Waals surface area contributed by atoms with Crippen molar-refractivity contribution >= 4 is 31.5 Å². The number of nitrogens with one attached hydrogen (secondary N) is 2. The number of carbonyl (C=O) groups is 4.